The van der Waals surface area contributed by atoms with Crippen molar-refractivity contribution in [1.29, 1.82) is 0 Å². The third-order valence-electron chi connectivity index (χ3n) is 4.17. The van der Waals surface area contributed by atoms with Crippen LogP contribution in [0.25, 0.3) is 0 Å². The van der Waals surface area contributed by atoms with E-state index in [0.717, 1.165) is 15.6 Å². The van der Waals surface area contributed by atoms with Gasteiger partial charge in [-0.05, 0) is 32.0 Å². The first kappa shape index (κ1) is 23.1. The van der Waals surface area contributed by atoms with Gasteiger partial charge in [-0.1, -0.05) is 11.6 Å². The fourth-order valence-electron chi connectivity index (χ4n) is 2.68. The SMILES string of the molecule is Cc1nn(CC(=O)N(C)CC(=O)Nc2ccc(Cl)c(C(F)(F)F)c2)c(C)c1[N+](=O)[O-]. The number of amides is 2. The lowest BCUT2D eigenvalue weighted by Crippen LogP contribution is -2.37. The predicted octanol–water partition coefficient (Wildman–Crippen LogP) is 3.18. The van der Waals surface area contributed by atoms with E-state index in [2.05, 4.69) is 10.4 Å². The molecule has 1 N–H and O–H groups in total. The Labute approximate surface area is 173 Å². The average Bonchev–Trinajstić information content (AvgIpc) is 2.88. The van der Waals surface area contributed by atoms with E-state index in [0.29, 0.717) is 6.07 Å². The lowest BCUT2D eigenvalue weighted by molar-refractivity contribution is -0.386. The summed E-state index contributed by atoms with van der Waals surface area (Å²) < 4.78 is 39.9. The maximum Gasteiger partial charge on any atom is 0.417 e. The molecule has 0 aliphatic rings. The number of aromatic nitrogens is 2. The summed E-state index contributed by atoms with van der Waals surface area (Å²) >= 11 is 5.53. The number of carbonyl (C=O) groups excluding carboxylic acids is 2. The van der Waals surface area contributed by atoms with E-state index in [4.69, 9.17) is 11.6 Å². The summed E-state index contributed by atoms with van der Waals surface area (Å²) in [6.45, 7) is 2.08. The number of likely N-dealkylation sites (N-methyl/N-ethyl adjacent to an activating group) is 1. The number of aryl methyl sites for hydroxylation is 1. The van der Waals surface area contributed by atoms with Crippen LogP contribution in [0, 0.1) is 24.0 Å². The molecule has 1 aromatic carbocycles. The molecule has 9 nitrogen and oxygen atoms in total. The van der Waals surface area contributed by atoms with Gasteiger partial charge in [0.2, 0.25) is 11.8 Å². The van der Waals surface area contributed by atoms with Crippen LogP contribution in [0.1, 0.15) is 17.0 Å². The summed E-state index contributed by atoms with van der Waals surface area (Å²) in [6, 6.07) is 2.90. The fraction of sp³-hybridized carbons (Fsp3) is 0.353. The molecule has 0 saturated heterocycles. The maximum atomic E-state index is 12.9. The van der Waals surface area contributed by atoms with Crippen LogP contribution in [0.3, 0.4) is 0 Å². The second kappa shape index (κ2) is 8.69. The van der Waals surface area contributed by atoms with Gasteiger partial charge in [0.25, 0.3) is 0 Å². The Kier molecular flexibility index (Phi) is 6.70. The molecule has 162 valence electrons. The lowest BCUT2D eigenvalue weighted by atomic mass is 10.2. The zero-order valence-corrected chi connectivity index (χ0v) is 16.8. The Morgan fingerprint density at radius 2 is 1.97 bits per heavy atom. The maximum absolute atomic E-state index is 12.9. The van der Waals surface area contributed by atoms with Crippen molar-refractivity contribution in [3.8, 4) is 0 Å². The minimum absolute atomic E-state index is 0.133. The van der Waals surface area contributed by atoms with E-state index in [-0.39, 0.29) is 29.3 Å². The predicted molar refractivity (Wildman–Crippen MR) is 101 cm³/mol. The van der Waals surface area contributed by atoms with Gasteiger partial charge in [0.05, 0.1) is 22.1 Å². The Hall–Kier alpha value is -3.15. The number of carbonyl (C=O) groups is 2. The van der Waals surface area contributed by atoms with Gasteiger partial charge >= 0.3 is 11.9 Å². The first-order valence-corrected chi connectivity index (χ1v) is 8.78. The van der Waals surface area contributed by atoms with Crippen molar-refractivity contribution in [2.75, 3.05) is 18.9 Å². The van der Waals surface area contributed by atoms with Gasteiger partial charge in [0, 0.05) is 12.7 Å². The fourth-order valence-corrected chi connectivity index (χ4v) is 2.90. The van der Waals surface area contributed by atoms with Crippen molar-refractivity contribution in [3.05, 3.63) is 50.3 Å². The molecule has 13 heteroatoms. The molecule has 0 radical (unpaired) electrons. The minimum Gasteiger partial charge on any atom is -0.335 e. The number of hydrogen-bond acceptors (Lipinski definition) is 5. The summed E-state index contributed by atoms with van der Waals surface area (Å²) in [5.74, 6) is -1.31. The van der Waals surface area contributed by atoms with E-state index in [1.165, 1.54) is 27.0 Å². The van der Waals surface area contributed by atoms with Gasteiger partial charge in [-0.3, -0.25) is 24.4 Å². The molecule has 1 heterocycles. The highest BCUT2D eigenvalue weighted by atomic mass is 35.5. The molecule has 0 aliphatic carbocycles. The number of hydrogen-bond donors (Lipinski definition) is 1. The Morgan fingerprint density at radius 1 is 1.33 bits per heavy atom. The number of nitrogens with zero attached hydrogens (tertiary/aromatic N) is 4. The Balaban J connectivity index is 2.03. The van der Waals surface area contributed by atoms with Crippen LogP contribution in [0.2, 0.25) is 5.02 Å². The van der Waals surface area contributed by atoms with E-state index in [1.54, 1.807) is 0 Å². The first-order valence-electron chi connectivity index (χ1n) is 8.40. The van der Waals surface area contributed by atoms with Gasteiger partial charge in [0.1, 0.15) is 17.9 Å². The molecular weight excluding hydrogens is 431 g/mol. The van der Waals surface area contributed by atoms with Crippen LogP contribution in [-0.4, -0.2) is 45.0 Å². The number of alkyl halides is 3. The molecule has 30 heavy (non-hydrogen) atoms. The van der Waals surface area contributed by atoms with Gasteiger partial charge in [-0.2, -0.15) is 18.3 Å². The molecule has 0 bridgehead atoms. The van der Waals surface area contributed by atoms with Crippen molar-refractivity contribution in [1.82, 2.24) is 14.7 Å². The third-order valence-corrected chi connectivity index (χ3v) is 4.50. The molecule has 1 aromatic heterocycles. The molecular formula is C17H17ClF3N5O4. The van der Waals surface area contributed by atoms with Gasteiger partial charge < -0.3 is 10.2 Å². The molecule has 0 unspecified atom stereocenters. The molecule has 2 rings (SSSR count). The van der Waals surface area contributed by atoms with Crippen LogP contribution in [0.15, 0.2) is 18.2 Å². The van der Waals surface area contributed by atoms with Crippen LogP contribution in [-0.2, 0) is 22.3 Å². The number of benzene rings is 1. The highest BCUT2D eigenvalue weighted by Crippen LogP contribution is 2.36. The van der Waals surface area contributed by atoms with Crippen molar-refractivity contribution < 1.29 is 27.7 Å². The first-order chi connectivity index (χ1) is 13.8. The zero-order chi connectivity index (χ0) is 22.8. The summed E-state index contributed by atoms with van der Waals surface area (Å²) in [5, 5.41) is 16.7. The largest absolute Gasteiger partial charge is 0.417 e. The molecule has 0 saturated carbocycles. The molecule has 2 amide bonds. The second-order valence-electron chi connectivity index (χ2n) is 6.42. The van der Waals surface area contributed by atoms with E-state index in [9.17, 15) is 32.9 Å². The summed E-state index contributed by atoms with van der Waals surface area (Å²) in [5.41, 5.74) is -1.10. The number of rotatable bonds is 6. The number of anilines is 1. The van der Waals surface area contributed by atoms with Crippen molar-refractivity contribution in [3.63, 3.8) is 0 Å². The van der Waals surface area contributed by atoms with Crippen LogP contribution in [0.4, 0.5) is 24.5 Å². The highest BCUT2D eigenvalue weighted by Gasteiger charge is 2.33. The number of nitrogens with one attached hydrogen (secondary N) is 1. The Morgan fingerprint density at radius 3 is 2.50 bits per heavy atom. The number of nitro groups is 1. The molecule has 0 fully saturated rings. The Bertz CT molecular complexity index is 1010. The summed E-state index contributed by atoms with van der Waals surface area (Å²) in [4.78, 5) is 35.9. The smallest absolute Gasteiger partial charge is 0.335 e. The average molecular weight is 448 g/mol. The van der Waals surface area contributed by atoms with E-state index >= 15 is 0 Å². The topological polar surface area (TPSA) is 110 Å². The van der Waals surface area contributed by atoms with Crippen LogP contribution < -0.4 is 5.32 Å². The number of halogens is 4. The monoisotopic (exact) mass is 447 g/mol. The van der Waals surface area contributed by atoms with Gasteiger partial charge in [-0.15, -0.1) is 0 Å². The van der Waals surface area contributed by atoms with Crippen LogP contribution in [0.5, 0.6) is 0 Å². The van der Waals surface area contributed by atoms with Crippen molar-refractivity contribution >= 4 is 34.8 Å². The summed E-state index contributed by atoms with van der Waals surface area (Å²) in [6.07, 6.45) is -4.69. The molecule has 0 atom stereocenters. The van der Waals surface area contributed by atoms with Crippen molar-refractivity contribution in [2.45, 2.75) is 26.6 Å². The second-order valence-corrected chi connectivity index (χ2v) is 6.83. The van der Waals surface area contributed by atoms with E-state index < -0.39 is 40.0 Å². The van der Waals surface area contributed by atoms with Crippen molar-refractivity contribution in [2.24, 2.45) is 0 Å². The standard InChI is InChI=1S/C17H17ClF3N5O4/c1-9-16(26(29)30)10(2)25(23-9)8-15(28)24(3)7-14(27)22-11-4-5-13(18)12(6-11)17(19,20)21/h4-6H,7-8H2,1-3H3,(H,22,27). The molecule has 0 aliphatic heterocycles. The van der Waals surface area contributed by atoms with Crippen LogP contribution >= 0.6 is 11.6 Å². The molecule has 2 aromatic rings. The highest BCUT2D eigenvalue weighted by molar-refractivity contribution is 6.31. The van der Waals surface area contributed by atoms with Gasteiger partial charge in [0.15, 0.2) is 0 Å². The minimum atomic E-state index is -4.69. The lowest BCUT2D eigenvalue weighted by Gasteiger charge is -2.17. The molecule has 0 spiro atoms. The normalized spacial score (nSPS) is 11.3. The summed E-state index contributed by atoms with van der Waals surface area (Å²) in [7, 11) is 1.31. The zero-order valence-electron chi connectivity index (χ0n) is 16.1. The van der Waals surface area contributed by atoms with E-state index in [1.807, 2.05) is 0 Å². The third kappa shape index (κ3) is 5.26. The quantitative estimate of drug-likeness (QED) is 0.540. The van der Waals surface area contributed by atoms with Gasteiger partial charge in [-0.25, -0.2) is 0 Å².